The Morgan fingerprint density at radius 3 is 1.50 bits per heavy atom. The maximum Gasteiger partial charge on any atom is 0.258 e. The quantitative estimate of drug-likeness (QED) is 0.352. The molecule has 2 amide bonds. The van der Waals surface area contributed by atoms with Gasteiger partial charge >= 0.3 is 0 Å². The van der Waals surface area contributed by atoms with Crippen LogP contribution >= 0.6 is 22.7 Å². The van der Waals surface area contributed by atoms with Gasteiger partial charge < -0.3 is 10.6 Å². The third kappa shape index (κ3) is 4.91. The first-order valence-electron chi connectivity index (χ1n) is 11.9. The van der Waals surface area contributed by atoms with Gasteiger partial charge in [-0.25, -0.2) is 0 Å². The van der Waals surface area contributed by atoms with Crippen LogP contribution in [0.15, 0.2) is 34.0 Å². The van der Waals surface area contributed by atoms with Gasteiger partial charge in [0.15, 0.2) is 0 Å². The summed E-state index contributed by atoms with van der Waals surface area (Å²) in [6.45, 7) is 4.44. The maximum atomic E-state index is 12.9. The molecule has 2 N–H and O–H groups in total. The number of carbonyl (C=O) groups excluding carboxylic acids is 2. The number of hydrogen-bond donors (Lipinski definition) is 2. The van der Waals surface area contributed by atoms with Gasteiger partial charge in [-0.15, -0.1) is 22.7 Å². The van der Waals surface area contributed by atoms with E-state index in [2.05, 4.69) is 47.4 Å². The van der Waals surface area contributed by atoms with E-state index in [0.717, 1.165) is 22.6 Å². The van der Waals surface area contributed by atoms with E-state index in [4.69, 9.17) is 0 Å². The Labute approximate surface area is 198 Å². The first-order chi connectivity index (χ1) is 15.6. The number of unbranched alkanes of at least 4 members (excludes halogenated alkanes) is 6. The summed E-state index contributed by atoms with van der Waals surface area (Å²) >= 11 is 3.21. The molecule has 0 saturated heterocycles. The summed E-state index contributed by atoms with van der Waals surface area (Å²) in [5, 5.41) is 10.3. The van der Waals surface area contributed by atoms with Crippen LogP contribution in [0.3, 0.4) is 0 Å². The summed E-state index contributed by atoms with van der Waals surface area (Å²) in [5.74, 6) is -0.363. The molecule has 0 bridgehead atoms. The molecule has 2 aromatic rings. The number of fused-ring (bicyclic) bond motifs is 1. The van der Waals surface area contributed by atoms with E-state index in [-0.39, 0.29) is 11.8 Å². The van der Waals surface area contributed by atoms with Crippen molar-refractivity contribution < 1.29 is 9.59 Å². The molecule has 0 fully saturated rings. The molecule has 0 atom stereocenters. The van der Waals surface area contributed by atoms with Gasteiger partial charge in [0.1, 0.15) is 0 Å². The number of rotatable bonds is 12. The Morgan fingerprint density at radius 1 is 0.656 bits per heavy atom. The summed E-state index contributed by atoms with van der Waals surface area (Å²) in [4.78, 5) is 27.7. The topological polar surface area (TPSA) is 58.2 Å². The average molecular weight is 469 g/mol. The number of nitrogens with one attached hydrogen (secondary N) is 2. The standard InChI is InChI=1S/C26H32N2O2S2/c1-3-5-7-9-11-17-13-19(31-15-17)23-21-22(26(30)27-23)24(28-25(21)29)20-14-18(16-32-20)12-10-8-6-4-2/h13-16H,3-12H2,1-2H3,(H,27,30)(H,28,29). The van der Waals surface area contributed by atoms with Crippen molar-refractivity contribution in [2.24, 2.45) is 0 Å². The highest BCUT2D eigenvalue weighted by atomic mass is 32.1. The lowest BCUT2D eigenvalue weighted by atomic mass is 10.1. The highest BCUT2D eigenvalue weighted by Crippen LogP contribution is 2.40. The fraction of sp³-hybridized carbons (Fsp3) is 0.462. The zero-order valence-corrected chi connectivity index (χ0v) is 20.6. The van der Waals surface area contributed by atoms with E-state index in [1.807, 2.05) is 0 Å². The van der Waals surface area contributed by atoms with Crippen LogP contribution in [0.5, 0.6) is 0 Å². The minimum absolute atomic E-state index is 0.181. The third-order valence-corrected chi connectivity index (χ3v) is 8.11. The van der Waals surface area contributed by atoms with Crippen molar-refractivity contribution in [2.75, 3.05) is 0 Å². The molecule has 0 aliphatic carbocycles. The Morgan fingerprint density at radius 2 is 1.09 bits per heavy atom. The fourth-order valence-corrected chi connectivity index (χ4v) is 6.25. The summed E-state index contributed by atoms with van der Waals surface area (Å²) in [6.07, 6.45) is 11.9. The predicted molar refractivity (Wildman–Crippen MR) is 134 cm³/mol. The molecule has 6 heteroatoms. The zero-order chi connectivity index (χ0) is 22.5. The lowest BCUT2D eigenvalue weighted by molar-refractivity contribution is -0.117. The lowest BCUT2D eigenvalue weighted by Crippen LogP contribution is -2.20. The molecule has 0 spiro atoms. The Hall–Kier alpha value is -2.18. The minimum atomic E-state index is -0.181. The number of aryl methyl sites for hydroxylation is 2. The second-order valence-electron chi connectivity index (χ2n) is 8.67. The number of thiophene rings is 2. The van der Waals surface area contributed by atoms with Gasteiger partial charge in [0.2, 0.25) is 0 Å². The predicted octanol–water partition coefficient (Wildman–Crippen LogP) is 6.44. The van der Waals surface area contributed by atoms with Crippen LogP contribution in [0.1, 0.15) is 86.1 Å². The normalized spacial score (nSPS) is 15.6. The number of carbonyl (C=O) groups is 2. The smallest absolute Gasteiger partial charge is 0.258 e. The van der Waals surface area contributed by atoms with Gasteiger partial charge in [0.05, 0.1) is 32.3 Å². The molecule has 4 nitrogen and oxygen atoms in total. The monoisotopic (exact) mass is 468 g/mol. The molecule has 0 radical (unpaired) electrons. The van der Waals surface area contributed by atoms with E-state index in [1.165, 1.54) is 62.5 Å². The van der Waals surface area contributed by atoms with E-state index in [0.29, 0.717) is 22.5 Å². The number of amides is 2. The second-order valence-corrected chi connectivity index (χ2v) is 10.5. The first kappa shape index (κ1) is 23.0. The van der Waals surface area contributed by atoms with Crippen LogP contribution < -0.4 is 10.6 Å². The molecule has 4 heterocycles. The van der Waals surface area contributed by atoms with Crippen LogP contribution in [0.2, 0.25) is 0 Å². The van der Waals surface area contributed by atoms with Crippen LogP contribution in [0.25, 0.3) is 11.4 Å². The van der Waals surface area contributed by atoms with Crippen molar-refractivity contribution in [3.05, 3.63) is 54.9 Å². The molecule has 2 aromatic heterocycles. The summed E-state index contributed by atoms with van der Waals surface area (Å²) < 4.78 is 0. The van der Waals surface area contributed by atoms with Crippen LogP contribution in [0.4, 0.5) is 0 Å². The maximum absolute atomic E-state index is 12.9. The molecule has 2 aliphatic heterocycles. The molecule has 32 heavy (non-hydrogen) atoms. The van der Waals surface area contributed by atoms with Crippen LogP contribution in [-0.4, -0.2) is 11.8 Å². The summed E-state index contributed by atoms with van der Waals surface area (Å²) in [6, 6.07) is 4.26. The van der Waals surface area contributed by atoms with Crippen molar-refractivity contribution in [1.82, 2.24) is 10.6 Å². The van der Waals surface area contributed by atoms with Gasteiger partial charge in [-0.2, -0.15) is 0 Å². The molecule has 2 aliphatic rings. The van der Waals surface area contributed by atoms with Gasteiger partial charge in [-0.05, 0) is 59.7 Å². The molecule has 0 saturated carbocycles. The van der Waals surface area contributed by atoms with E-state index >= 15 is 0 Å². The van der Waals surface area contributed by atoms with E-state index < -0.39 is 0 Å². The van der Waals surface area contributed by atoms with Gasteiger partial charge in [-0.1, -0.05) is 52.4 Å². The second kappa shape index (κ2) is 10.6. The Balaban J connectivity index is 1.53. The SMILES string of the molecule is CCCCCCc1csc(C2=C3C(=O)NC(c4cc(CCCCCC)cs4)=C3C(=O)N2)c1. The van der Waals surface area contributed by atoms with Crippen molar-refractivity contribution in [2.45, 2.75) is 78.1 Å². The van der Waals surface area contributed by atoms with Crippen LogP contribution in [0, 0.1) is 0 Å². The molecule has 0 unspecified atom stereocenters. The first-order valence-corrected chi connectivity index (χ1v) is 13.7. The summed E-state index contributed by atoms with van der Waals surface area (Å²) in [7, 11) is 0. The molecule has 170 valence electrons. The van der Waals surface area contributed by atoms with Crippen molar-refractivity contribution >= 4 is 45.9 Å². The Kier molecular flexibility index (Phi) is 7.63. The Bertz CT molecular complexity index is 973. The summed E-state index contributed by atoms with van der Waals surface area (Å²) in [5.41, 5.74) is 4.90. The highest BCUT2D eigenvalue weighted by molar-refractivity contribution is 7.11. The molecular weight excluding hydrogens is 436 g/mol. The van der Waals surface area contributed by atoms with Gasteiger partial charge in [0.25, 0.3) is 11.8 Å². The van der Waals surface area contributed by atoms with E-state index in [1.54, 1.807) is 22.7 Å². The average Bonchev–Trinajstić information content (AvgIpc) is 3.55. The molecule has 4 rings (SSSR count). The van der Waals surface area contributed by atoms with Crippen molar-refractivity contribution in [1.29, 1.82) is 0 Å². The molecular formula is C26H32N2O2S2. The fourth-order valence-electron chi connectivity index (χ4n) is 4.34. The lowest BCUT2D eigenvalue weighted by Gasteiger charge is -2.04. The number of hydrogen-bond acceptors (Lipinski definition) is 4. The highest BCUT2D eigenvalue weighted by Gasteiger charge is 2.41. The van der Waals surface area contributed by atoms with Gasteiger partial charge in [-0.3, -0.25) is 9.59 Å². The minimum Gasteiger partial charge on any atom is -0.320 e. The zero-order valence-electron chi connectivity index (χ0n) is 19.0. The van der Waals surface area contributed by atoms with E-state index in [9.17, 15) is 9.59 Å². The van der Waals surface area contributed by atoms with Gasteiger partial charge in [0, 0.05) is 0 Å². The van der Waals surface area contributed by atoms with Crippen molar-refractivity contribution in [3.63, 3.8) is 0 Å². The van der Waals surface area contributed by atoms with Crippen molar-refractivity contribution in [3.8, 4) is 0 Å². The molecule has 0 aromatic carbocycles. The third-order valence-electron chi connectivity index (χ3n) is 6.12. The van der Waals surface area contributed by atoms with Crippen LogP contribution in [-0.2, 0) is 22.4 Å². The largest absolute Gasteiger partial charge is 0.320 e.